The Hall–Kier alpha value is -2.34. The summed E-state index contributed by atoms with van der Waals surface area (Å²) in [5, 5.41) is 9.96. The first-order valence-electron chi connectivity index (χ1n) is 8.85. The summed E-state index contributed by atoms with van der Waals surface area (Å²) in [4.78, 5) is 14.8. The second-order valence-corrected chi connectivity index (χ2v) is 6.78. The maximum atomic E-state index is 12.4. The number of nitrogens with zero attached hydrogens (tertiary/aromatic N) is 2. The molecule has 0 aliphatic carbocycles. The van der Waals surface area contributed by atoms with Gasteiger partial charge in [0, 0.05) is 25.7 Å². The average Bonchev–Trinajstić information content (AvgIpc) is 3.11. The Morgan fingerprint density at radius 3 is 2.80 bits per heavy atom. The van der Waals surface area contributed by atoms with Gasteiger partial charge in [0.1, 0.15) is 11.4 Å². The van der Waals surface area contributed by atoms with Crippen LogP contribution in [0.3, 0.4) is 0 Å². The molecule has 25 heavy (non-hydrogen) atoms. The first kappa shape index (κ1) is 17.5. The molecule has 0 spiro atoms. The summed E-state index contributed by atoms with van der Waals surface area (Å²) in [5.74, 6) is 1.04. The molecule has 6 nitrogen and oxygen atoms in total. The largest absolute Gasteiger partial charge is 0.359 e. The molecule has 1 aromatic carbocycles. The smallest absolute Gasteiger partial charge is 0.319 e. The van der Waals surface area contributed by atoms with E-state index in [0.717, 1.165) is 31.7 Å². The number of hydrogen-bond acceptors (Lipinski definition) is 4. The summed E-state index contributed by atoms with van der Waals surface area (Å²) in [5.41, 5.74) is 2.76. The number of likely N-dealkylation sites (tertiary alicyclic amines) is 1. The van der Waals surface area contributed by atoms with Gasteiger partial charge < -0.3 is 15.2 Å². The minimum Gasteiger partial charge on any atom is -0.359 e. The predicted octanol–water partition coefficient (Wildman–Crippen LogP) is 3.19. The number of carbonyl (C=O) groups is 1. The molecule has 2 amide bonds. The minimum atomic E-state index is -0.195. The highest BCUT2D eigenvalue weighted by molar-refractivity contribution is 5.90. The molecule has 3 rings (SSSR count). The number of amides is 2. The SMILES string of the molecule is CCc1noc(C)c1NC(=O)N[C@H]1CN(Cc2ccccc2)C[C@H]1C. The molecule has 1 aliphatic rings. The Morgan fingerprint density at radius 2 is 2.08 bits per heavy atom. The van der Waals surface area contributed by atoms with Crippen LogP contribution in [0.5, 0.6) is 0 Å². The lowest BCUT2D eigenvalue weighted by Gasteiger charge is -2.18. The minimum absolute atomic E-state index is 0.133. The Balaban J connectivity index is 1.55. The Bertz CT molecular complexity index is 713. The maximum Gasteiger partial charge on any atom is 0.319 e. The van der Waals surface area contributed by atoms with E-state index < -0.39 is 0 Å². The van der Waals surface area contributed by atoms with Crippen LogP contribution in [0.4, 0.5) is 10.5 Å². The number of urea groups is 1. The molecule has 2 heterocycles. The summed E-state index contributed by atoms with van der Waals surface area (Å²) in [7, 11) is 0. The molecule has 1 saturated heterocycles. The van der Waals surface area contributed by atoms with Crippen molar-refractivity contribution in [3.63, 3.8) is 0 Å². The normalized spacial score (nSPS) is 20.6. The highest BCUT2D eigenvalue weighted by Gasteiger charge is 2.31. The van der Waals surface area contributed by atoms with Crippen molar-refractivity contribution in [2.24, 2.45) is 5.92 Å². The van der Waals surface area contributed by atoms with E-state index in [2.05, 4.69) is 51.9 Å². The van der Waals surface area contributed by atoms with Gasteiger partial charge in [-0.15, -0.1) is 0 Å². The van der Waals surface area contributed by atoms with Gasteiger partial charge in [0.2, 0.25) is 0 Å². The number of hydrogen-bond donors (Lipinski definition) is 2. The number of nitrogens with one attached hydrogen (secondary N) is 2. The van der Waals surface area contributed by atoms with Gasteiger partial charge in [-0.1, -0.05) is 49.3 Å². The quantitative estimate of drug-likeness (QED) is 0.875. The Kier molecular flexibility index (Phi) is 5.38. The van der Waals surface area contributed by atoms with Crippen LogP contribution >= 0.6 is 0 Å². The molecule has 0 bridgehead atoms. The molecule has 6 heteroatoms. The molecule has 1 aliphatic heterocycles. The van der Waals surface area contributed by atoms with E-state index in [1.807, 2.05) is 19.9 Å². The van der Waals surface area contributed by atoms with Crippen molar-refractivity contribution in [1.82, 2.24) is 15.4 Å². The topological polar surface area (TPSA) is 70.4 Å². The second-order valence-electron chi connectivity index (χ2n) is 6.78. The highest BCUT2D eigenvalue weighted by Crippen LogP contribution is 2.22. The van der Waals surface area contributed by atoms with Gasteiger partial charge in [-0.25, -0.2) is 4.79 Å². The fourth-order valence-corrected chi connectivity index (χ4v) is 3.36. The number of aromatic nitrogens is 1. The highest BCUT2D eigenvalue weighted by atomic mass is 16.5. The van der Waals surface area contributed by atoms with Gasteiger partial charge in [-0.2, -0.15) is 0 Å². The molecule has 1 aromatic heterocycles. The zero-order valence-electron chi connectivity index (χ0n) is 15.1. The van der Waals surface area contributed by atoms with E-state index in [0.29, 0.717) is 17.4 Å². The first-order chi connectivity index (χ1) is 12.1. The van der Waals surface area contributed by atoms with Crippen LogP contribution in [0.25, 0.3) is 0 Å². The van der Waals surface area contributed by atoms with Gasteiger partial charge in [-0.05, 0) is 24.8 Å². The van der Waals surface area contributed by atoms with Gasteiger partial charge >= 0.3 is 6.03 Å². The van der Waals surface area contributed by atoms with Crippen molar-refractivity contribution in [3.8, 4) is 0 Å². The lowest BCUT2D eigenvalue weighted by molar-refractivity contribution is 0.246. The van der Waals surface area contributed by atoms with Crippen molar-refractivity contribution in [1.29, 1.82) is 0 Å². The lowest BCUT2D eigenvalue weighted by atomic mass is 10.1. The van der Waals surface area contributed by atoms with Crippen LogP contribution in [0.2, 0.25) is 0 Å². The molecular formula is C19H26N4O2. The zero-order valence-corrected chi connectivity index (χ0v) is 15.1. The van der Waals surface area contributed by atoms with Crippen LogP contribution in [0.15, 0.2) is 34.9 Å². The molecule has 2 aromatic rings. The van der Waals surface area contributed by atoms with E-state index in [-0.39, 0.29) is 12.1 Å². The van der Waals surface area contributed by atoms with E-state index in [9.17, 15) is 4.79 Å². The second kappa shape index (κ2) is 7.70. The standard InChI is InChI=1S/C19H26N4O2/c1-4-16-18(14(3)25-22-16)21-19(24)20-17-12-23(10-13(17)2)11-15-8-6-5-7-9-15/h5-9,13,17H,4,10-12H2,1-3H3,(H2,20,21,24)/t13-,17+/m1/s1. The van der Waals surface area contributed by atoms with Gasteiger partial charge in [0.15, 0.2) is 5.76 Å². The molecule has 0 unspecified atom stereocenters. The van der Waals surface area contributed by atoms with Gasteiger partial charge in [0.25, 0.3) is 0 Å². The third-order valence-corrected chi connectivity index (χ3v) is 4.76. The van der Waals surface area contributed by atoms with Crippen molar-refractivity contribution < 1.29 is 9.32 Å². The monoisotopic (exact) mass is 342 g/mol. The Morgan fingerprint density at radius 1 is 1.32 bits per heavy atom. The fraction of sp³-hybridized carbons (Fsp3) is 0.474. The Labute approximate surface area is 148 Å². The summed E-state index contributed by atoms with van der Waals surface area (Å²) in [6.45, 7) is 8.72. The molecule has 0 radical (unpaired) electrons. The summed E-state index contributed by atoms with van der Waals surface area (Å²) >= 11 is 0. The van der Waals surface area contributed by atoms with Gasteiger partial charge in [-0.3, -0.25) is 4.90 Å². The number of aryl methyl sites for hydroxylation is 2. The number of benzene rings is 1. The zero-order chi connectivity index (χ0) is 17.8. The number of rotatable bonds is 5. The number of carbonyl (C=O) groups excluding carboxylic acids is 1. The predicted molar refractivity (Wildman–Crippen MR) is 97.4 cm³/mol. The van der Waals surface area contributed by atoms with Crippen molar-refractivity contribution >= 4 is 11.7 Å². The fourth-order valence-electron chi connectivity index (χ4n) is 3.36. The molecule has 2 N–H and O–H groups in total. The molecular weight excluding hydrogens is 316 g/mol. The maximum absolute atomic E-state index is 12.4. The van der Waals surface area contributed by atoms with E-state index >= 15 is 0 Å². The van der Waals surface area contributed by atoms with E-state index in [1.54, 1.807) is 0 Å². The summed E-state index contributed by atoms with van der Waals surface area (Å²) in [6, 6.07) is 10.4. The molecule has 1 fully saturated rings. The number of anilines is 1. The average molecular weight is 342 g/mol. The van der Waals surface area contributed by atoms with Crippen molar-refractivity contribution in [2.45, 2.75) is 39.8 Å². The van der Waals surface area contributed by atoms with Crippen LogP contribution < -0.4 is 10.6 Å². The van der Waals surface area contributed by atoms with Gasteiger partial charge in [0.05, 0.1) is 0 Å². The summed E-state index contributed by atoms with van der Waals surface area (Å²) < 4.78 is 5.16. The van der Waals surface area contributed by atoms with Crippen LogP contribution in [-0.2, 0) is 13.0 Å². The van der Waals surface area contributed by atoms with Crippen LogP contribution in [-0.4, -0.2) is 35.2 Å². The van der Waals surface area contributed by atoms with Crippen LogP contribution in [0.1, 0.15) is 30.9 Å². The molecule has 2 atom stereocenters. The molecule has 0 saturated carbocycles. The van der Waals surface area contributed by atoms with E-state index in [4.69, 9.17) is 4.52 Å². The van der Waals surface area contributed by atoms with E-state index in [1.165, 1.54) is 5.56 Å². The third kappa shape index (κ3) is 4.20. The van der Waals surface area contributed by atoms with Crippen LogP contribution in [0, 0.1) is 12.8 Å². The third-order valence-electron chi connectivity index (χ3n) is 4.76. The lowest BCUT2D eigenvalue weighted by Crippen LogP contribution is -2.42. The van der Waals surface area contributed by atoms with Crippen molar-refractivity contribution in [2.75, 3.05) is 18.4 Å². The van der Waals surface area contributed by atoms with Crippen molar-refractivity contribution in [3.05, 3.63) is 47.3 Å². The summed E-state index contributed by atoms with van der Waals surface area (Å²) in [6.07, 6.45) is 0.720. The first-order valence-corrected chi connectivity index (χ1v) is 8.85. The molecule has 134 valence electrons.